The Kier molecular flexibility index (Phi) is 8.69. The number of hydrogen-bond donors (Lipinski definition) is 2. The summed E-state index contributed by atoms with van der Waals surface area (Å²) in [6.45, 7) is 6.50. The molecule has 7 nitrogen and oxygen atoms in total. The predicted octanol–water partition coefficient (Wildman–Crippen LogP) is 3.61. The van der Waals surface area contributed by atoms with Crippen LogP contribution in [0.25, 0.3) is 11.3 Å². The predicted molar refractivity (Wildman–Crippen MR) is 129 cm³/mol. The van der Waals surface area contributed by atoms with Crippen molar-refractivity contribution < 1.29 is 0 Å². The van der Waals surface area contributed by atoms with Crippen LogP contribution in [0.15, 0.2) is 47.6 Å². The number of halogens is 1. The molecule has 0 atom stereocenters. The first-order valence-corrected chi connectivity index (χ1v) is 9.59. The van der Waals surface area contributed by atoms with Gasteiger partial charge in [0.25, 0.3) is 0 Å². The van der Waals surface area contributed by atoms with E-state index in [1.165, 1.54) is 5.69 Å². The number of aliphatic imine (C=N–C) groups is 1. The number of hydrogen-bond acceptors (Lipinski definition) is 3. The molecule has 0 fully saturated rings. The number of nitrogens with one attached hydrogen (secondary N) is 2. The third-order valence-corrected chi connectivity index (χ3v) is 4.61. The Morgan fingerprint density at radius 1 is 1.24 bits per heavy atom. The molecule has 0 radical (unpaired) electrons. The number of nitrogens with zero attached hydrogens (tertiary/aromatic N) is 5. The number of guanidine groups is 1. The summed E-state index contributed by atoms with van der Waals surface area (Å²) in [5.41, 5.74) is 4.42. The van der Waals surface area contributed by atoms with Crippen LogP contribution >= 0.6 is 24.0 Å². The zero-order valence-corrected chi connectivity index (χ0v) is 19.8. The zero-order chi connectivity index (χ0) is 19.9. The van der Waals surface area contributed by atoms with Gasteiger partial charge in [-0.25, -0.2) is 4.98 Å². The summed E-state index contributed by atoms with van der Waals surface area (Å²) in [5, 5.41) is 7.92. The third-order valence-electron chi connectivity index (χ3n) is 4.61. The molecular formula is C21H30IN7. The van der Waals surface area contributed by atoms with Gasteiger partial charge in [0.15, 0.2) is 5.96 Å². The molecular weight excluding hydrogens is 477 g/mol. The van der Waals surface area contributed by atoms with E-state index in [9.17, 15) is 0 Å². The molecule has 2 heterocycles. The van der Waals surface area contributed by atoms with Gasteiger partial charge in [0.1, 0.15) is 5.82 Å². The lowest BCUT2D eigenvalue weighted by Crippen LogP contribution is -2.39. The van der Waals surface area contributed by atoms with Gasteiger partial charge in [-0.15, -0.1) is 24.0 Å². The van der Waals surface area contributed by atoms with E-state index in [-0.39, 0.29) is 24.0 Å². The fourth-order valence-corrected chi connectivity index (χ4v) is 3.22. The van der Waals surface area contributed by atoms with Crippen molar-refractivity contribution in [2.75, 3.05) is 20.6 Å². The van der Waals surface area contributed by atoms with Crippen LogP contribution in [-0.4, -0.2) is 51.2 Å². The Morgan fingerprint density at radius 3 is 2.66 bits per heavy atom. The van der Waals surface area contributed by atoms with Crippen molar-refractivity contribution in [1.29, 1.82) is 0 Å². The number of rotatable bonds is 7. The van der Waals surface area contributed by atoms with E-state index >= 15 is 0 Å². The standard InChI is InChI=1S/C21H29N7.HI/c1-16-13-17(2)28(26-16)12-8-11-23-21(22-3)27(4)15-20-24-14-19(25-20)18-9-6-5-7-10-18;/h5-7,9-10,13-14H,8,11-12,15H2,1-4H3,(H,22,23)(H,24,25);1H. The maximum atomic E-state index is 4.51. The molecule has 1 aromatic carbocycles. The molecule has 0 spiro atoms. The Hall–Kier alpha value is -2.36. The van der Waals surface area contributed by atoms with Crippen molar-refractivity contribution in [3.8, 4) is 11.3 Å². The molecule has 3 rings (SSSR count). The summed E-state index contributed by atoms with van der Waals surface area (Å²) in [7, 11) is 3.82. The Bertz CT molecular complexity index is 914. The largest absolute Gasteiger partial charge is 0.356 e. The van der Waals surface area contributed by atoms with Crippen molar-refractivity contribution in [2.24, 2.45) is 4.99 Å². The van der Waals surface area contributed by atoms with E-state index in [0.29, 0.717) is 6.54 Å². The monoisotopic (exact) mass is 507 g/mol. The number of aromatic amines is 1. The highest BCUT2D eigenvalue weighted by Crippen LogP contribution is 2.16. The summed E-state index contributed by atoms with van der Waals surface area (Å²) < 4.78 is 2.05. The average Bonchev–Trinajstić information content (AvgIpc) is 3.28. The van der Waals surface area contributed by atoms with Gasteiger partial charge in [0.05, 0.1) is 24.1 Å². The summed E-state index contributed by atoms with van der Waals surface area (Å²) in [6.07, 6.45) is 2.86. The molecule has 0 aliphatic carbocycles. The van der Waals surface area contributed by atoms with Gasteiger partial charge in [-0.3, -0.25) is 9.67 Å². The van der Waals surface area contributed by atoms with Crippen LogP contribution in [-0.2, 0) is 13.1 Å². The fourth-order valence-electron chi connectivity index (χ4n) is 3.22. The SMILES string of the molecule is CN=C(NCCCn1nc(C)cc1C)N(C)Cc1ncc(-c2ccccc2)[nH]1.I. The van der Waals surface area contributed by atoms with Crippen molar-refractivity contribution in [3.63, 3.8) is 0 Å². The van der Waals surface area contributed by atoms with Crippen molar-refractivity contribution in [2.45, 2.75) is 33.4 Å². The number of imidazole rings is 1. The van der Waals surface area contributed by atoms with E-state index in [4.69, 9.17) is 0 Å². The van der Waals surface area contributed by atoms with Gasteiger partial charge in [-0.1, -0.05) is 30.3 Å². The van der Waals surface area contributed by atoms with Crippen LogP contribution in [0.4, 0.5) is 0 Å². The highest BCUT2D eigenvalue weighted by Gasteiger charge is 2.10. The number of benzene rings is 1. The maximum Gasteiger partial charge on any atom is 0.193 e. The minimum atomic E-state index is 0. The second kappa shape index (κ2) is 11.0. The molecule has 0 amide bonds. The molecule has 2 N–H and O–H groups in total. The Morgan fingerprint density at radius 2 is 2.00 bits per heavy atom. The minimum absolute atomic E-state index is 0. The number of aromatic nitrogens is 4. The van der Waals surface area contributed by atoms with Crippen molar-refractivity contribution >= 4 is 29.9 Å². The first-order valence-electron chi connectivity index (χ1n) is 9.59. The second-order valence-electron chi connectivity index (χ2n) is 6.94. The highest BCUT2D eigenvalue weighted by molar-refractivity contribution is 14.0. The van der Waals surface area contributed by atoms with Gasteiger partial charge >= 0.3 is 0 Å². The zero-order valence-electron chi connectivity index (χ0n) is 17.5. The molecule has 0 saturated heterocycles. The van der Waals surface area contributed by atoms with E-state index < -0.39 is 0 Å². The van der Waals surface area contributed by atoms with Gasteiger partial charge in [-0.05, 0) is 31.9 Å². The molecule has 0 aliphatic rings. The number of aryl methyl sites for hydroxylation is 3. The molecule has 0 saturated carbocycles. The first kappa shape index (κ1) is 22.9. The van der Waals surface area contributed by atoms with Crippen LogP contribution in [0.1, 0.15) is 23.6 Å². The van der Waals surface area contributed by atoms with E-state index in [0.717, 1.165) is 48.2 Å². The summed E-state index contributed by atoms with van der Waals surface area (Å²) >= 11 is 0. The van der Waals surface area contributed by atoms with Crippen molar-refractivity contribution in [3.05, 3.63) is 59.8 Å². The summed E-state index contributed by atoms with van der Waals surface area (Å²) in [6, 6.07) is 12.3. The first-order chi connectivity index (χ1) is 13.6. The molecule has 8 heteroatoms. The smallest absolute Gasteiger partial charge is 0.193 e. The quantitative estimate of drug-likeness (QED) is 0.222. The van der Waals surface area contributed by atoms with Crippen LogP contribution < -0.4 is 5.32 Å². The molecule has 156 valence electrons. The van der Waals surface area contributed by atoms with E-state index in [1.807, 2.05) is 38.4 Å². The molecule has 3 aromatic rings. The third kappa shape index (κ3) is 6.31. The lowest BCUT2D eigenvalue weighted by molar-refractivity contribution is 0.459. The van der Waals surface area contributed by atoms with E-state index in [2.05, 4.69) is 60.1 Å². The Labute approximate surface area is 189 Å². The Balaban J connectivity index is 0.00000300. The average molecular weight is 507 g/mol. The minimum Gasteiger partial charge on any atom is -0.356 e. The van der Waals surface area contributed by atoms with Crippen LogP contribution in [0.5, 0.6) is 0 Å². The lowest BCUT2D eigenvalue weighted by Gasteiger charge is -2.21. The number of H-pyrrole nitrogens is 1. The van der Waals surface area contributed by atoms with E-state index in [1.54, 1.807) is 7.05 Å². The van der Waals surface area contributed by atoms with Crippen LogP contribution in [0, 0.1) is 13.8 Å². The van der Waals surface area contributed by atoms with Crippen LogP contribution in [0.2, 0.25) is 0 Å². The maximum absolute atomic E-state index is 4.51. The van der Waals surface area contributed by atoms with Gasteiger partial charge in [0, 0.05) is 32.9 Å². The van der Waals surface area contributed by atoms with Crippen LogP contribution in [0.3, 0.4) is 0 Å². The highest BCUT2D eigenvalue weighted by atomic mass is 127. The van der Waals surface area contributed by atoms with Gasteiger partial charge < -0.3 is 15.2 Å². The lowest BCUT2D eigenvalue weighted by atomic mass is 10.2. The molecule has 0 unspecified atom stereocenters. The normalized spacial score (nSPS) is 11.2. The molecule has 0 aliphatic heterocycles. The van der Waals surface area contributed by atoms with Gasteiger partial charge in [-0.2, -0.15) is 5.10 Å². The topological polar surface area (TPSA) is 74.1 Å². The molecule has 29 heavy (non-hydrogen) atoms. The second-order valence-corrected chi connectivity index (χ2v) is 6.94. The fraction of sp³-hybridized carbons (Fsp3) is 0.381. The van der Waals surface area contributed by atoms with Crippen molar-refractivity contribution in [1.82, 2.24) is 30.0 Å². The summed E-state index contributed by atoms with van der Waals surface area (Å²) in [5.74, 6) is 1.76. The molecule has 0 bridgehead atoms. The summed E-state index contributed by atoms with van der Waals surface area (Å²) in [4.78, 5) is 14.3. The van der Waals surface area contributed by atoms with Gasteiger partial charge in [0.2, 0.25) is 0 Å². The molecule has 2 aromatic heterocycles.